The number of amides is 1. The maximum absolute atomic E-state index is 12.0. The first kappa shape index (κ1) is 23.7. The van der Waals surface area contributed by atoms with E-state index in [0.29, 0.717) is 28.7 Å². The largest absolute Gasteiger partial charge is 0.493 e. The lowest BCUT2D eigenvalue weighted by Gasteiger charge is -2.13. The van der Waals surface area contributed by atoms with E-state index in [1.807, 2.05) is 30.3 Å². The van der Waals surface area contributed by atoms with Gasteiger partial charge in [-0.05, 0) is 29.7 Å². The highest BCUT2D eigenvalue weighted by atomic mass is 35.5. The van der Waals surface area contributed by atoms with Gasteiger partial charge >= 0.3 is 0 Å². The molecular weight excluding hydrogens is 400 g/mol. The molecule has 1 N–H and O–H groups in total. The fourth-order valence-corrected chi connectivity index (χ4v) is 3.28. The van der Waals surface area contributed by atoms with Gasteiger partial charge in [0, 0.05) is 0 Å². The molecule has 2 aromatic rings. The molecule has 0 atom stereocenters. The molecule has 0 aliphatic carbocycles. The summed E-state index contributed by atoms with van der Waals surface area (Å²) in [4.78, 5) is 12.0. The molecule has 0 aliphatic rings. The average molecular weight is 431 g/mol. The topological polar surface area (TPSA) is 59.9 Å². The summed E-state index contributed by atoms with van der Waals surface area (Å²) in [5.74, 6) is 0.901. The monoisotopic (exact) mass is 430 g/mol. The highest BCUT2D eigenvalue weighted by molar-refractivity contribution is 6.32. The zero-order valence-corrected chi connectivity index (χ0v) is 18.6. The first-order valence-corrected chi connectivity index (χ1v) is 10.9. The molecule has 0 radical (unpaired) electrons. The van der Waals surface area contributed by atoms with Crippen molar-refractivity contribution in [1.29, 1.82) is 0 Å². The van der Waals surface area contributed by atoms with Gasteiger partial charge < -0.3 is 9.47 Å². The van der Waals surface area contributed by atoms with Crippen molar-refractivity contribution in [3.05, 3.63) is 58.6 Å². The Labute approximate surface area is 184 Å². The molecule has 0 fully saturated rings. The first-order valence-electron chi connectivity index (χ1n) is 10.5. The maximum Gasteiger partial charge on any atom is 0.244 e. The predicted octanol–water partition coefficient (Wildman–Crippen LogP) is 5.78. The molecule has 2 aromatic carbocycles. The maximum atomic E-state index is 12.0. The summed E-state index contributed by atoms with van der Waals surface area (Å²) < 4.78 is 11.3. The molecule has 0 saturated heterocycles. The molecule has 162 valence electrons. The molecule has 0 aromatic heterocycles. The van der Waals surface area contributed by atoms with Crippen molar-refractivity contribution < 1.29 is 14.3 Å². The van der Waals surface area contributed by atoms with Gasteiger partial charge in [-0.2, -0.15) is 5.10 Å². The number of nitrogens with one attached hydrogen (secondary N) is 1. The van der Waals surface area contributed by atoms with Crippen LogP contribution in [0.4, 0.5) is 0 Å². The zero-order valence-electron chi connectivity index (χ0n) is 17.8. The summed E-state index contributed by atoms with van der Waals surface area (Å²) in [5.41, 5.74) is 4.17. The Morgan fingerprint density at radius 3 is 2.57 bits per heavy atom. The van der Waals surface area contributed by atoms with E-state index in [-0.39, 0.29) is 12.3 Å². The lowest BCUT2D eigenvalue weighted by molar-refractivity contribution is -0.120. The Kier molecular flexibility index (Phi) is 10.8. The third kappa shape index (κ3) is 8.46. The second-order valence-electron chi connectivity index (χ2n) is 7.11. The molecule has 0 unspecified atom stereocenters. The number of ether oxygens (including phenoxy) is 2. The number of benzene rings is 2. The van der Waals surface area contributed by atoms with Crippen LogP contribution in [-0.2, 0) is 11.2 Å². The Hall–Kier alpha value is -2.53. The summed E-state index contributed by atoms with van der Waals surface area (Å²) in [5, 5.41) is 4.47. The van der Waals surface area contributed by atoms with Gasteiger partial charge in [0.05, 0.1) is 31.4 Å². The van der Waals surface area contributed by atoms with Crippen molar-refractivity contribution in [3.63, 3.8) is 0 Å². The van der Waals surface area contributed by atoms with E-state index in [4.69, 9.17) is 21.1 Å². The lowest BCUT2D eigenvalue weighted by atomic mass is 10.1. The number of unbranched alkanes of at least 4 members (excludes halogenated alkanes) is 5. The smallest absolute Gasteiger partial charge is 0.244 e. The van der Waals surface area contributed by atoms with E-state index in [1.165, 1.54) is 31.9 Å². The van der Waals surface area contributed by atoms with Crippen molar-refractivity contribution in [2.75, 3.05) is 13.7 Å². The van der Waals surface area contributed by atoms with E-state index < -0.39 is 0 Å². The SMILES string of the molecule is CCCCCCCCOc1c(Cl)cc(/C=N/NC(=O)Cc2ccccc2)cc1OC. The molecule has 5 nitrogen and oxygen atoms in total. The highest BCUT2D eigenvalue weighted by Crippen LogP contribution is 2.36. The van der Waals surface area contributed by atoms with Gasteiger partial charge in [-0.1, -0.05) is 81.0 Å². The Morgan fingerprint density at radius 1 is 1.10 bits per heavy atom. The van der Waals surface area contributed by atoms with Gasteiger partial charge in [0.25, 0.3) is 0 Å². The number of hydrogen-bond acceptors (Lipinski definition) is 4. The molecule has 1 amide bonds. The first-order chi connectivity index (χ1) is 14.6. The summed E-state index contributed by atoms with van der Waals surface area (Å²) in [6.07, 6.45) is 8.98. The summed E-state index contributed by atoms with van der Waals surface area (Å²) in [7, 11) is 1.58. The number of carbonyl (C=O) groups excluding carboxylic acids is 1. The van der Waals surface area contributed by atoms with Crippen molar-refractivity contribution in [2.45, 2.75) is 51.9 Å². The van der Waals surface area contributed by atoms with Crippen LogP contribution in [0.3, 0.4) is 0 Å². The minimum Gasteiger partial charge on any atom is -0.493 e. The third-order valence-electron chi connectivity index (χ3n) is 4.61. The van der Waals surface area contributed by atoms with Crippen molar-refractivity contribution >= 4 is 23.7 Å². The lowest BCUT2D eigenvalue weighted by Crippen LogP contribution is -2.19. The average Bonchev–Trinajstić information content (AvgIpc) is 2.74. The predicted molar refractivity (Wildman–Crippen MR) is 123 cm³/mol. The van der Waals surface area contributed by atoms with Crippen LogP contribution in [0.5, 0.6) is 11.5 Å². The van der Waals surface area contributed by atoms with Gasteiger partial charge in [-0.15, -0.1) is 0 Å². The second-order valence-corrected chi connectivity index (χ2v) is 7.51. The number of rotatable bonds is 13. The van der Waals surface area contributed by atoms with Crippen molar-refractivity contribution in [1.82, 2.24) is 5.43 Å². The standard InChI is InChI=1S/C24H31ClN2O3/c1-3-4-5-6-7-11-14-30-24-21(25)15-20(16-22(24)29-2)18-26-27-23(28)17-19-12-9-8-10-13-19/h8-10,12-13,15-16,18H,3-7,11,14,17H2,1-2H3,(H,27,28)/b26-18+. The molecule has 0 aliphatic heterocycles. The van der Waals surface area contributed by atoms with Gasteiger partial charge in [-0.3, -0.25) is 4.79 Å². The van der Waals surface area contributed by atoms with Crippen LogP contribution < -0.4 is 14.9 Å². The molecule has 6 heteroatoms. The zero-order chi connectivity index (χ0) is 21.6. The number of nitrogens with zero attached hydrogens (tertiary/aromatic N) is 1. The van der Waals surface area contributed by atoms with E-state index in [1.54, 1.807) is 19.2 Å². The quantitative estimate of drug-likeness (QED) is 0.249. The van der Waals surface area contributed by atoms with Gasteiger partial charge in [0.2, 0.25) is 5.91 Å². The molecule has 2 rings (SSSR count). The van der Waals surface area contributed by atoms with Crippen LogP contribution in [0.1, 0.15) is 56.6 Å². The van der Waals surface area contributed by atoms with Gasteiger partial charge in [-0.25, -0.2) is 5.43 Å². The highest BCUT2D eigenvalue weighted by Gasteiger charge is 2.11. The molecule has 0 heterocycles. The van der Waals surface area contributed by atoms with Crippen LogP contribution >= 0.6 is 11.6 Å². The van der Waals surface area contributed by atoms with Gasteiger partial charge in [0.15, 0.2) is 11.5 Å². The fourth-order valence-electron chi connectivity index (χ4n) is 3.01. The molecule has 30 heavy (non-hydrogen) atoms. The van der Waals surface area contributed by atoms with E-state index in [2.05, 4.69) is 17.5 Å². The summed E-state index contributed by atoms with van der Waals surface area (Å²) in [6, 6.07) is 13.0. The van der Waals surface area contributed by atoms with Crippen LogP contribution in [-0.4, -0.2) is 25.8 Å². The normalized spacial score (nSPS) is 10.9. The molecular formula is C24H31ClN2O3. The minimum atomic E-state index is -0.186. The summed E-state index contributed by atoms with van der Waals surface area (Å²) in [6.45, 7) is 2.82. The molecule has 0 bridgehead atoms. The number of methoxy groups -OCH3 is 1. The van der Waals surface area contributed by atoms with Gasteiger partial charge in [0.1, 0.15) is 0 Å². The number of halogens is 1. The Morgan fingerprint density at radius 2 is 1.83 bits per heavy atom. The van der Waals surface area contributed by atoms with Crippen LogP contribution in [0.25, 0.3) is 0 Å². The van der Waals surface area contributed by atoms with Crippen molar-refractivity contribution in [3.8, 4) is 11.5 Å². The Bertz CT molecular complexity index is 810. The van der Waals surface area contributed by atoms with Crippen molar-refractivity contribution in [2.24, 2.45) is 5.10 Å². The number of carbonyl (C=O) groups is 1. The third-order valence-corrected chi connectivity index (χ3v) is 4.89. The van der Waals surface area contributed by atoms with E-state index in [0.717, 1.165) is 18.4 Å². The number of hydrazone groups is 1. The van der Waals surface area contributed by atoms with Crippen LogP contribution in [0, 0.1) is 0 Å². The van der Waals surface area contributed by atoms with Crippen LogP contribution in [0.2, 0.25) is 5.02 Å². The summed E-state index contributed by atoms with van der Waals surface area (Å²) >= 11 is 6.39. The van der Waals surface area contributed by atoms with E-state index >= 15 is 0 Å². The van der Waals surface area contributed by atoms with Crippen LogP contribution in [0.15, 0.2) is 47.6 Å². The van der Waals surface area contributed by atoms with E-state index in [9.17, 15) is 4.79 Å². The second kappa shape index (κ2) is 13.6. The number of hydrogen-bond donors (Lipinski definition) is 1. The molecule has 0 saturated carbocycles. The Balaban J connectivity index is 1.86. The fraction of sp³-hybridized carbons (Fsp3) is 0.417. The minimum absolute atomic E-state index is 0.186. The molecule has 0 spiro atoms.